The number of carbonyl (C=O) groups is 1. The lowest BCUT2D eigenvalue weighted by atomic mass is 9.70. The fourth-order valence-corrected chi connectivity index (χ4v) is 2.76. The van der Waals surface area contributed by atoms with Crippen molar-refractivity contribution >= 4 is 5.97 Å². The fourth-order valence-electron chi connectivity index (χ4n) is 2.76. The van der Waals surface area contributed by atoms with Crippen LogP contribution in [0.1, 0.15) is 0 Å². The topological polar surface area (TPSA) is 81.8 Å². The molecule has 1 atom stereocenters. The predicted molar refractivity (Wildman–Crippen MR) is 72.8 cm³/mol. The van der Waals surface area contributed by atoms with Gasteiger partial charge >= 0.3 is 48.6 Å². The van der Waals surface area contributed by atoms with Crippen molar-refractivity contribution in [3.63, 3.8) is 0 Å². The van der Waals surface area contributed by atoms with E-state index in [-0.39, 0.29) is 0 Å². The molecule has 216 valence electrons. The Morgan fingerprint density at radius 1 is 0.556 bits per heavy atom. The summed E-state index contributed by atoms with van der Waals surface area (Å²) in [5.41, 5.74) is -15.9. The second-order valence-corrected chi connectivity index (χ2v) is 6.64. The van der Waals surface area contributed by atoms with E-state index in [1.54, 1.807) is 0 Å². The van der Waals surface area contributed by atoms with Crippen LogP contribution in [-0.2, 0) is 14.3 Å². The van der Waals surface area contributed by atoms with Gasteiger partial charge in [-0.25, -0.2) is 0 Å². The maximum absolute atomic E-state index is 13.6. The first-order valence-corrected chi connectivity index (χ1v) is 8.03. The molecule has 1 unspecified atom stereocenters. The van der Waals surface area contributed by atoms with Crippen LogP contribution in [0.3, 0.4) is 0 Å². The molecule has 0 aliphatic heterocycles. The summed E-state index contributed by atoms with van der Waals surface area (Å²) in [5, 5.41) is 8.96. The molecule has 0 rings (SSSR count). The van der Waals surface area contributed by atoms with Crippen molar-refractivity contribution in [3.05, 3.63) is 0 Å². The normalized spacial score (nSPS) is 17.2. The summed E-state index contributed by atoms with van der Waals surface area (Å²) in [5.74, 6) is -3.89. The van der Waals surface area contributed by atoms with Gasteiger partial charge in [0.15, 0.2) is 5.41 Å². The van der Waals surface area contributed by atoms with Crippen LogP contribution < -0.4 is 5.73 Å². The van der Waals surface area contributed by atoms with E-state index in [1.807, 2.05) is 0 Å². The van der Waals surface area contributed by atoms with Crippen LogP contribution >= 0.6 is 0 Å². The van der Waals surface area contributed by atoms with Crippen LogP contribution in [0.25, 0.3) is 0 Å². The van der Waals surface area contributed by atoms with E-state index in [4.69, 9.17) is 5.11 Å². The molecule has 0 aliphatic carbocycles. The third-order valence-electron chi connectivity index (χ3n) is 4.42. The minimum atomic E-state index is -7.78. The van der Waals surface area contributed by atoms with Crippen molar-refractivity contribution in [1.82, 2.24) is 0 Å². The Kier molecular flexibility index (Phi) is 8.94. The largest absolute Gasteiger partial charge is 0.481 e. The quantitative estimate of drug-likeness (QED) is 0.397. The maximum atomic E-state index is 13.6. The average Bonchev–Trinajstić information content (AvgIpc) is 2.53. The molecule has 5 nitrogen and oxygen atoms in total. The average molecular weight is 585 g/mol. The number of nitrogens with two attached hydrogens (primary N) is 1. The van der Waals surface area contributed by atoms with Gasteiger partial charge in [-0.3, -0.25) is 4.79 Å². The Morgan fingerprint density at radius 3 is 1.03 bits per heavy atom. The lowest BCUT2D eigenvalue weighted by Gasteiger charge is -2.49. The number of ether oxygens (including phenoxy) is 2. The third-order valence-corrected chi connectivity index (χ3v) is 4.42. The first-order valence-electron chi connectivity index (χ1n) is 8.03. The van der Waals surface area contributed by atoms with Crippen LogP contribution in [-0.4, -0.2) is 79.1 Å². The Hall–Kier alpha value is -1.91. The molecule has 0 aromatic rings. The summed E-state index contributed by atoms with van der Waals surface area (Å²) in [7, 11) is 0. The lowest BCUT2D eigenvalue weighted by molar-refractivity contribution is -0.469. The monoisotopic (exact) mass is 585 g/mol. The van der Waals surface area contributed by atoms with Crippen LogP contribution in [0, 0.1) is 5.41 Å². The van der Waals surface area contributed by atoms with E-state index in [0.29, 0.717) is 0 Å². The molecular formula is C13H9F18NO4. The van der Waals surface area contributed by atoms with Crippen molar-refractivity contribution in [2.45, 2.75) is 48.3 Å². The second-order valence-electron chi connectivity index (χ2n) is 6.64. The molecule has 0 saturated heterocycles. The van der Waals surface area contributed by atoms with Crippen LogP contribution in [0.15, 0.2) is 0 Å². The number of carboxylic acid groups (broad SMARTS) is 1. The number of hydrogen-bond donors (Lipinski definition) is 2. The van der Waals surface area contributed by atoms with E-state index < -0.39 is 79.4 Å². The first-order chi connectivity index (χ1) is 15.4. The highest BCUT2D eigenvalue weighted by atomic mass is 19.4. The van der Waals surface area contributed by atoms with Gasteiger partial charge in [-0.2, -0.15) is 79.0 Å². The molecule has 0 bridgehead atoms. The molecule has 0 spiro atoms. The predicted octanol–water partition coefficient (Wildman–Crippen LogP) is 4.90. The van der Waals surface area contributed by atoms with E-state index >= 15 is 0 Å². The van der Waals surface area contributed by atoms with E-state index in [0.717, 1.165) is 0 Å². The van der Waals surface area contributed by atoms with Gasteiger partial charge in [0.05, 0.1) is 6.61 Å². The zero-order valence-electron chi connectivity index (χ0n) is 16.2. The molecule has 23 heteroatoms. The van der Waals surface area contributed by atoms with Crippen LogP contribution in [0.5, 0.6) is 0 Å². The first kappa shape index (κ1) is 34.1. The number of halogens is 18. The van der Waals surface area contributed by atoms with Crippen molar-refractivity contribution in [2.24, 2.45) is 11.1 Å². The number of alkyl halides is 18. The van der Waals surface area contributed by atoms with Crippen molar-refractivity contribution in [2.75, 3.05) is 19.8 Å². The van der Waals surface area contributed by atoms with Gasteiger partial charge in [0.2, 0.25) is 0 Å². The standard InChI is InChI=1S/C13H9F18NO4/c14-6(15,16)3-36-7(9(17,18)19,10(20,21)22)5(1-32,4(33)34)2-35-8(11(23,24)25,12(26,27)28)13(29,30)31/h1-3,32H2,(H,33,34). The van der Waals surface area contributed by atoms with Gasteiger partial charge in [0.1, 0.15) is 6.61 Å². The van der Waals surface area contributed by atoms with Crippen molar-refractivity contribution in [1.29, 1.82) is 0 Å². The Balaban J connectivity index is 7.58. The summed E-state index contributed by atoms with van der Waals surface area (Å²) < 4.78 is 240. The molecule has 0 amide bonds. The Morgan fingerprint density at radius 2 is 0.833 bits per heavy atom. The molecule has 0 aliphatic rings. The summed E-state index contributed by atoms with van der Waals surface area (Å²) in [4.78, 5) is 11.4. The van der Waals surface area contributed by atoms with E-state index in [2.05, 4.69) is 15.2 Å². The minimum Gasteiger partial charge on any atom is -0.481 e. The molecule has 0 saturated carbocycles. The van der Waals surface area contributed by atoms with Crippen molar-refractivity contribution in [3.8, 4) is 0 Å². The highest BCUT2D eigenvalue weighted by Gasteiger charge is 2.88. The third kappa shape index (κ3) is 5.50. The molecule has 36 heavy (non-hydrogen) atoms. The molecule has 0 fully saturated rings. The van der Waals surface area contributed by atoms with Gasteiger partial charge in [-0.1, -0.05) is 0 Å². The van der Waals surface area contributed by atoms with E-state index in [1.165, 1.54) is 0 Å². The summed E-state index contributed by atoms with van der Waals surface area (Å²) in [6.07, 6.45) is -44.6. The second kappa shape index (κ2) is 9.44. The Labute approximate surface area is 185 Å². The fraction of sp³-hybridized carbons (Fsp3) is 0.923. The SMILES string of the molecule is NCC(COC(C(F)(F)F)(C(F)(F)F)C(F)(F)F)(C(=O)O)C(OCC(F)(F)F)(C(F)(F)F)C(F)(F)F. The van der Waals surface area contributed by atoms with Gasteiger partial charge < -0.3 is 20.3 Å². The highest BCUT2D eigenvalue weighted by molar-refractivity contribution is 5.77. The van der Waals surface area contributed by atoms with Crippen LogP contribution in [0.4, 0.5) is 79.0 Å². The van der Waals surface area contributed by atoms with Crippen LogP contribution in [0.2, 0.25) is 0 Å². The summed E-state index contributed by atoms with van der Waals surface area (Å²) >= 11 is 0. The summed E-state index contributed by atoms with van der Waals surface area (Å²) in [6, 6.07) is 0. The maximum Gasteiger partial charge on any atom is 0.435 e. The smallest absolute Gasteiger partial charge is 0.435 e. The molecule has 3 N–H and O–H groups in total. The minimum absolute atomic E-state index is 2.47. The zero-order chi connectivity index (χ0) is 29.6. The zero-order valence-corrected chi connectivity index (χ0v) is 16.2. The van der Waals surface area contributed by atoms with Gasteiger partial charge in [0.25, 0.3) is 5.60 Å². The molecule has 0 aromatic carbocycles. The molecular weight excluding hydrogens is 576 g/mol. The molecule has 0 heterocycles. The number of rotatable bonds is 8. The molecule has 0 aromatic heterocycles. The van der Waals surface area contributed by atoms with E-state index in [9.17, 15) is 83.8 Å². The highest BCUT2D eigenvalue weighted by Crippen LogP contribution is 2.59. The molecule has 0 radical (unpaired) electrons. The van der Waals surface area contributed by atoms with Crippen molar-refractivity contribution < 1.29 is 98.4 Å². The lowest BCUT2D eigenvalue weighted by Crippen LogP contribution is -2.76. The number of hydrogen-bond acceptors (Lipinski definition) is 4. The number of aliphatic carboxylic acids is 1. The summed E-state index contributed by atoms with van der Waals surface area (Å²) in [6.45, 7) is -10.7. The van der Waals surface area contributed by atoms with Gasteiger partial charge in [-0.05, 0) is 0 Å². The Bertz CT molecular complexity index is 723. The van der Waals surface area contributed by atoms with Gasteiger partial charge in [0, 0.05) is 6.54 Å². The van der Waals surface area contributed by atoms with Gasteiger partial charge in [-0.15, -0.1) is 0 Å². The number of carboxylic acids is 1.